The van der Waals surface area contributed by atoms with Crippen molar-refractivity contribution in [2.45, 2.75) is 31.8 Å². The van der Waals surface area contributed by atoms with Crippen LogP contribution in [0.4, 0.5) is 0 Å². The van der Waals surface area contributed by atoms with Crippen LogP contribution >= 0.6 is 15.9 Å². The SMILES string of the molecule is CC1CCC(O)c2cccc(Br)c21. The van der Waals surface area contributed by atoms with Crippen LogP contribution in [0.15, 0.2) is 22.7 Å². The summed E-state index contributed by atoms with van der Waals surface area (Å²) in [4.78, 5) is 0. The Labute approximate surface area is 86.9 Å². The van der Waals surface area contributed by atoms with Gasteiger partial charge < -0.3 is 5.11 Å². The topological polar surface area (TPSA) is 20.2 Å². The van der Waals surface area contributed by atoms with Crippen LogP contribution in [0.25, 0.3) is 0 Å². The second-order valence-corrected chi connectivity index (χ2v) is 4.59. The van der Waals surface area contributed by atoms with Crippen LogP contribution in [-0.2, 0) is 0 Å². The first kappa shape index (κ1) is 9.22. The fourth-order valence-corrected chi connectivity index (χ4v) is 2.84. The van der Waals surface area contributed by atoms with Gasteiger partial charge in [0.2, 0.25) is 0 Å². The first-order chi connectivity index (χ1) is 6.20. The van der Waals surface area contributed by atoms with Gasteiger partial charge in [-0.3, -0.25) is 0 Å². The second-order valence-electron chi connectivity index (χ2n) is 3.74. The normalized spacial score (nSPS) is 27.0. The predicted octanol–water partition coefficient (Wildman–Crippen LogP) is 3.38. The monoisotopic (exact) mass is 240 g/mol. The van der Waals surface area contributed by atoms with Crippen molar-refractivity contribution < 1.29 is 5.11 Å². The van der Waals surface area contributed by atoms with Crippen LogP contribution in [0.3, 0.4) is 0 Å². The molecular formula is C11H13BrO. The van der Waals surface area contributed by atoms with E-state index >= 15 is 0 Å². The minimum absolute atomic E-state index is 0.260. The van der Waals surface area contributed by atoms with E-state index in [1.54, 1.807) is 0 Å². The smallest absolute Gasteiger partial charge is 0.0793 e. The third-order valence-corrected chi connectivity index (χ3v) is 3.50. The van der Waals surface area contributed by atoms with Gasteiger partial charge in [-0.1, -0.05) is 35.0 Å². The zero-order valence-corrected chi connectivity index (χ0v) is 9.21. The van der Waals surface area contributed by atoms with Crippen molar-refractivity contribution in [2.24, 2.45) is 0 Å². The van der Waals surface area contributed by atoms with Gasteiger partial charge in [-0.15, -0.1) is 0 Å². The quantitative estimate of drug-likeness (QED) is 0.738. The number of fused-ring (bicyclic) bond motifs is 1. The van der Waals surface area contributed by atoms with E-state index < -0.39 is 0 Å². The van der Waals surface area contributed by atoms with Crippen molar-refractivity contribution >= 4 is 15.9 Å². The van der Waals surface area contributed by atoms with E-state index in [1.165, 1.54) is 5.56 Å². The Bertz CT molecular complexity index is 322. The van der Waals surface area contributed by atoms with Crippen LogP contribution in [0.1, 0.15) is 42.9 Å². The van der Waals surface area contributed by atoms with Crippen LogP contribution < -0.4 is 0 Å². The molecule has 0 amide bonds. The summed E-state index contributed by atoms with van der Waals surface area (Å²) < 4.78 is 1.14. The molecule has 1 N–H and O–H groups in total. The number of aliphatic hydroxyl groups is 1. The fraction of sp³-hybridized carbons (Fsp3) is 0.455. The highest BCUT2D eigenvalue weighted by atomic mass is 79.9. The molecule has 2 heteroatoms. The molecule has 1 aromatic carbocycles. The van der Waals surface area contributed by atoms with Gasteiger partial charge in [-0.2, -0.15) is 0 Å². The predicted molar refractivity (Wildman–Crippen MR) is 56.8 cm³/mol. The largest absolute Gasteiger partial charge is 0.388 e. The van der Waals surface area contributed by atoms with Gasteiger partial charge in [-0.05, 0) is 36.0 Å². The number of benzene rings is 1. The van der Waals surface area contributed by atoms with Gasteiger partial charge in [0.05, 0.1) is 6.10 Å². The van der Waals surface area contributed by atoms with Gasteiger partial charge in [0.25, 0.3) is 0 Å². The molecule has 1 nitrogen and oxygen atoms in total. The lowest BCUT2D eigenvalue weighted by Gasteiger charge is -2.27. The van der Waals surface area contributed by atoms with Crippen molar-refractivity contribution in [1.82, 2.24) is 0 Å². The minimum Gasteiger partial charge on any atom is -0.388 e. The summed E-state index contributed by atoms with van der Waals surface area (Å²) >= 11 is 3.54. The molecule has 0 aliphatic heterocycles. The number of rotatable bonds is 0. The highest BCUT2D eigenvalue weighted by Gasteiger charge is 2.24. The Balaban J connectivity index is 2.56. The Morgan fingerprint density at radius 2 is 2.15 bits per heavy atom. The number of halogens is 1. The Hall–Kier alpha value is -0.340. The Kier molecular flexibility index (Phi) is 2.43. The van der Waals surface area contributed by atoms with Gasteiger partial charge in [-0.25, -0.2) is 0 Å². The van der Waals surface area contributed by atoms with Gasteiger partial charge >= 0.3 is 0 Å². The van der Waals surface area contributed by atoms with Crippen molar-refractivity contribution in [3.05, 3.63) is 33.8 Å². The highest BCUT2D eigenvalue weighted by molar-refractivity contribution is 9.10. The molecule has 1 aromatic rings. The van der Waals surface area contributed by atoms with Crippen molar-refractivity contribution in [2.75, 3.05) is 0 Å². The standard InChI is InChI=1S/C11H13BrO/c1-7-5-6-10(13)8-3-2-4-9(12)11(7)8/h2-4,7,10,13H,5-6H2,1H3. The molecule has 2 rings (SSSR count). The molecular weight excluding hydrogens is 228 g/mol. The maximum Gasteiger partial charge on any atom is 0.0793 e. The van der Waals surface area contributed by atoms with Crippen molar-refractivity contribution in [3.63, 3.8) is 0 Å². The van der Waals surface area contributed by atoms with E-state index in [9.17, 15) is 5.11 Å². The molecule has 1 aliphatic carbocycles. The summed E-state index contributed by atoms with van der Waals surface area (Å²) in [7, 11) is 0. The Morgan fingerprint density at radius 1 is 1.38 bits per heavy atom. The average molecular weight is 241 g/mol. The van der Waals surface area contributed by atoms with E-state index in [0.717, 1.165) is 22.9 Å². The second kappa shape index (κ2) is 3.43. The molecule has 0 heterocycles. The lowest BCUT2D eigenvalue weighted by Crippen LogP contribution is -2.12. The Morgan fingerprint density at radius 3 is 2.85 bits per heavy atom. The number of hydrogen-bond donors (Lipinski definition) is 1. The van der Waals surface area contributed by atoms with Crippen molar-refractivity contribution in [1.29, 1.82) is 0 Å². The molecule has 0 aromatic heterocycles. The summed E-state index contributed by atoms with van der Waals surface area (Å²) in [5.74, 6) is 0.564. The molecule has 0 saturated heterocycles. The van der Waals surface area contributed by atoms with Crippen LogP contribution in [0.2, 0.25) is 0 Å². The molecule has 0 bridgehead atoms. The van der Waals surface area contributed by atoms with Crippen molar-refractivity contribution in [3.8, 4) is 0 Å². The summed E-state index contributed by atoms with van der Waals surface area (Å²) in [6, 6.07) is 6.07. The zero-order chi connectivity index (χ0) is 9.42. The molecule has 0 fully saturated rings. The maximum atomic E-state index is 9.78. The summed E-state index contributed by atoms with van der Waals surface area (Å²) in [5.41, 5.74) is 2.40. The van der Waals surface area contributed by atoms with E-state index in [-0.39, 0.29) is 6.10 Å². The first-order valence-electron chi connectivity index (χ1n) is 4.66. The van der Waals surface area contributed by atoms with Gasteiger partial charge in [0.15, 0.2) is 0 Å². The summed E-state index contributed by atoms with van der Waals surface area (Å²) in [6.45, 7) is 2.22. The van der Waals surface area contributed by atoms with E-state index in [4.69, 9.17) is 0 Å². The van der Waals surface area contributed by atoms with Crippen LogP contribution in [-0.4, -0.2) is 5.11 Å². The molecule has 2 atom stereocenters. The molecule has 70 valence electrons. The third-order valence-electron chi connectivity index (χ3n) is 2.81. The molecule has 0 spiro atoms. The average Bonchev–Trinajstić information content (AvgIpc) is 2.12. The van der Waals surface area contributed by atoms with Gasteiger partial charge in [0, 0.05) is 4.47 Å². The highest BCUT2D eigenvalue weighted by Crippen LogP contribution is 2.40. The molecule has 13 heavy (non-hydrogen) atoms. The lowest BCUT2D eigenvalue weighted by molar-refractivity contribution is 0.151. The summed E-state index contributed by atoms with van der Waals surface area (Å²) in [5, 5.41) is 9.78. The zero-order valence-electron chi connectivity index (χ0n) is 7.63. The number of aliphatic hydroxyl groups excluding tert-OH is 1. The molecule has 0 radical (unpaired) electrons. The number of hydrogen-bond acceptors (Lipinski definition) is 1. The fourth-order valence-electron chi connectivity index (χ4n) is 2.07. The van der Waals surface area contributed by atoms with Crippen LogP contribution in [0.5, 0.6) is 0 Å². The van der Waals surface area contributed by atoms with E-state index in [2.05, 4.69) is 22.9 Å². The molecule has 2 unspecified atom stereocenters. The minimum atomic E-state index is -0.260. The van der Waals surface area contributed by atoms with E-state index in [0.29, 0.717) is 5.92 Å². The van der Waals surface area contributed by atoms with E-state index in [1.807, 2.05) is 18.2 Å². The molecule has 0 saturated carbocycles. The summed E-state index contributed by atoms with van der Waals surface area (Å²) in [6.07, 6.45) is 1.71. The lowest BCUT2D eigenvalue weighted by atomic mass is 9.82. The molecule has 1 aliphatic rings. The third kappa shape index (κ3) is 1.53. The first-order valence-corrected chi connectivity index (χ1v) is 5.46. The maximum absolute atomic E-state index is 9.78. The van der Waals surface area contributed by atoms with Crippen LogP contribution in [0, 0.1) is 0 Å². The van der Waals surface area contributed by atoms with Gasteiger partial charge in [0.1, 0.15) is 0 Å².